The van der Waals surface area contributed by atoms with Crippen LogP contribution in [-0.4, -0.2) is 30.8 Å². The Kier molecular flexibility index (Phi) is 14.9. The molecule has 7 nitrogen and oxygen atoms in total. The van der Waals surface area contributed by atoms with E-state index in [4.69, 9.17) is 22.6 Å². The molecule has 1 fully saturated rings. The second-order valence-corrected chi connectivity index (χ2v) is 14.9. The maximum absolute atomic E-state index is 14.8. The standard InChI is InChI=1S/C26H54O7P2/c1-9-14-16-18-23(12-4)31-34(27,32-24(13-5)19-17-15-10-2)26(8,20-11-3)33-35(28)29-21-25(6,7)22-30-35/h23-24H,9-22H2,1-8H3. The molecule has 0 spiro atoms. The summed E-state index contributed by atoms with van der Waals surface area (Å²) in [5, 5.41) is -1.45. The van der Waals surface area contributed by atoms with Gasteiger partial charge in [-0.25, -0.2) is 4.57 Å². The van der Waals surface area contributed by atoms with E-state index in [2.05, 4.69) is 13.8 Å². The molecular weight excluding hydrogens is 486 g/mol. The normalized spacial score (nSPS) is 22.7. The van der Waals surface area contributed by atoms with Crippen molar-refractivity contribution in [3.05, 3.63) is 0 Å². The van der Waals surface area contributed by atoms with Crippen LogP contribution < -0.4 is 0 Å². The van der Waals surface area contributed by atoms with E-state index in [0.29, 0.717) is 25.7 Å². The smallest absolute Gasteiger partial charge is 0.303 e. The van der Waals surface area contributed by atoms with Crippen molar-refractivity contribution in [3.63, 3.8) is 0 Å². The Bertz CT molecular complexity index is 647. The fraction of sp³-hybridized carbons (Fsp3) is 1.00. The van der Waals surface area contributed by atoms with Gasteiger partial charge in [0.2, 0.25) is 0 Å². The molecule has 1 rings (SSSR count). The first-order chi connectivity index (χ1) is 16.4. The maximum Gasteiger partial charge on any atom is 0.475 e. The summed E-state index contributed by atoms with van der Waals surface area (Å²) in [6.07, 6.45) is 9.94. The van der Waals surface area contributed by atoms with E-state index < -0.39 is 20.8 Å². The molecule has 3 unspecified atom stereocenters. The van der Waals surface area contributed by atoms with Crippen LogP contribution in [0.3, 0.4) is 0 Å². The number of hydrogen-bond acceptors (Lipinski definition) is 7. The Morgan fingerprint density at radius 1 is 0.857 bits per heavy atom. The molecule has 0 aromatic heterocycles. The van der Waals surface area contributed by atoms with Gasteiger partial charge in [-0.3, -0.25) is 18.1 Å². The molecule has 1 heterocycles. The van der Waals surface area contributed by atoms with Crippen molar-refractivity contribution in [1.82, 2.24) is 0 Å². The van der Waals surface area contributed by atoms with Crippen molar-refractivity contribution in [2.75, 3.05) is 13.2 Å². The van der Waals surface area contributed by atoms with Crippen molar-refractivity contribution in [2.24, 2.45) is 5.41 Å². The second-order valence-electron chi connectivity index (χ2n) is 10.9. The zero-order valence-corrected chi connectivity index (χ0v) is 25.6. The van der Waals surface area contributed by atoms with E-state index in [1.807, 2.05) is 34.6 Å². The maximum atomic E-state index is 14.8. The number of hydrogen-bond donors (Lipinski definition) is 0. The van der Waals surface area contributed by atoms with Gasteiger partial charge in [0.15, 0.2) is 5.34 Å². The van der Waals surface area contributed by atoms with Crippen molar-refractivity contribution < 1.29 is 31.7 Å². The summed E-state index contributed by atoms with van der Waals surface area (Å²) in [7, 11) is -7.83. The average Bonchev–Trinajstić information content (AvgIpc) is 2.80. The molecule has 35 heavy (non-hydrogen) atoms. The van der Waals surface area contributed by atoms with Crippen LogP contribution in [0.1, 0.15) is 132 Å². The Morgan fingerprint density at radius 3 is 1.69 bits per heavy atom. The first-order valence-electron chi connectivity index (χ1n) is 14.0. The molecule has 1 saturated heterocycles. The topological polar surface area (TPSA) is 80.3 Å². The molecule has 0 bridgehead atoms. The van der Waals surface area contributed by atoms with Crippen molar-refractivity contribution >= 4 is 15.4 Å². The molecule has 210 valence electrons. The van der Waals surface area contributed by atoms with E-state index >= 15 is 0 Å². The van der Waals surface area contributed by atoms with E-state index in [9.17, 15) is 9.13 Å². The third-order valence-corrected chi connectivity index (χ3v) is 10.9. The van der Waals surface area contributed by atoms with Crippen LogP contribution in [0.5, 0.6) is 0 Å². The van der Waals surface area contributed by atoms with Gasteiger partial charge in [0, 0.05) is 5.41 Å². The molecule has 0 aromatic rings. The molecule has 0 N–H and O–H groups in total. The van der Waals surface area contributed by atoms with Gasteiger partial charge < -0.3 is 9.05 Å². The van der Waals surface area contributed by atoms with Crippen LogP contribution in [-0.2, 0) is 31.7 Å². The van der Waals surface area contributed by atoms with Crippen LogP contribution in [0.4, 0.5) is 0 Å². The van der Waals surface area contributed by atoms with Crippen molar-refractivity contribution in [3.8, 4) is 0 Å². The van der Waals surface area contributed by atoms with Crippen LogP contribution in [0.2, 0.25) is 0 Å². The molecule has 0 amide bonds. The van der Waals surface area contributed by atoms with Crippen LogP contribution >= 0.6 is 15.4 Å². The van der Waals surface area contributed by atoms with Crippen LogP contribution in [0.25, 0.3) is 0 Å². The summed E-state index contributed by atoms with van der Waals surface area (Å²) < 4.78 is 58.4. The SMILES string of the molecule is CCCCCC(CC)OP(=O)(OC(CC)CCCCC)C(C)(CCC)OP1(=O)OCC(C)(C)CO1. The predicted molar refractivity (Wildman–Crippen MR) is 144 cm³/mol. The largest absolute Gasteiger partial charge is 0.475 e. The monoisotopic (exact) mass is 540 g/mol. The number of phosphoric ester groups is 1. The van der Waals surface area contributed by atoms with E-state index in [0.717, 1.165) is 51.4 Å². The summed E-state index contributed by atoms with van der Waals surface area (Å²) in [6.45, 7) is 16.5. The molecular formula is C26H54O7P2. The summed E-state index contributed by atoms with van der Waals surface area (Å²) in [5.74, 6) is 0. The molecule has 9 heteroatoms. The third-order valence-electron chi connectivity index (χ3n) is 6.57. The number of unbranched alkanes of at least 4 members (excludes halogenated alkanes) is 4. The molecule has 1 aliphatic heterocycles. The minimum Gasteiger partial charge on any atom is -0.303 e. The molecule has 0 saturated carbocycles. The highest BCUT2D eigenvalue weighted by Gasteiger charge is 2.56. The van der Waals surface area contributed by atoms with Gasteiger partial charge in [-0.2, -0.15) is 0 Å². The minimum atomic E-state index is -3.93. The molecule has 0 aromatic carbocycles. The highest BCUT2D eigenvalue weighted by Crippen LogP contribution is 2.70. The van der Waals surface area contributed by atoms with Gasteiger partial charge >= 0.3 is 15.4 Å². The highest BCUT2D eigenvalue weighted by atomic mass is 31.2. The Morgan fingerprint density at radius 2 is 1.31 bits per heavy atom. The quantitative estimate of drug-likeness (QED) is 0.119. The predicted octanol–water partition coefficient (Wildman–Crippen LogP) is 9.64. The van der Waals surface area contributed by atoms with Gasteiger partial charge in [0.05, 0.1) is 25.4 Å². The third kappa shape index (κ3) is 10.9. The summed E-state index contributed by atoms with van der Waals surface area (Å²) in [6, 6.07) is 0. The Hall–Kier alpha value is 0.260. The van der Waals surface area contributed by atoms with E-state index in [-0.39, 0.29) is 30.8 Å². The van der Waals surface area contributed by atoms with E-state index in [1.54, 1.807) is 6.92 Å². The zero-order valence-electron chi connectivity index (χ0n) is 23.8. The lowest BCUT2D eigenvalue weighted by Crippen LogP contribution is -2.36. The van der Waals surface area contributed by atoms with Gasteiger partial charge in [-0.1, -0.05) is 93.4 Å². The lowest BCUT2D eigenvalue weighted by atomic mass is 9.97. The second kappa shape index (κ2) is 15.6. The van der Waals surface area contributed by atoms with Gasteiger partial charge in [-0.15, -0.1) is 0 Å². The summed E-state index contributed by atoms with van der Waals surface area (Å²) >= 11 is 0. The van der Waals surface area contributed by atoms with Crippen LogP contribution in [0.15, 0.2) is 0 Å². The first kappa shape index (κ1) is 33.3. The van der Waals surface area contributed by atoms with Gasteiger partial charge in [0.1, 0.15) is 0 Å². The molecule has 1 aliphatic rings. The Labute approximate surface area is 215 Å². The minimum absolute atomic E-state index is 0.228. The van der Waals surface area contributed by atoms with Gasteiger partial charge in [0.25, 0.3) is 0 Å². The average molecular weight is 541 g/mol. The van der Waals surface area contributed by atoms with Crippen molar-refractivity contribution in [1.29, 1.82) is 0 Å². The van der Waals surface area contributed by atoms with E-state index in [1.165, 1.54) is 0 Å². The Balaban J connectivity index is 3.29. The van der Waals surface area contributed by atoms with Crippen molar-refractivity contribution in [2.45, 2.75) is 150 Å². The number of phosphoric acid groups is 1. The molecule has 0 aliphatic carbocycles. The highest BCUT2D eigenvalue weighted by molar-refractivity contribution is 7.56. The zero-order chi connectivity index (χ0) is 26.6. The summed E-state index contributed by atoms with van der Waals surface area (Å²) in [4.78, 5) is 0. The fourth-order valence-electron chi connectivity index (χ4n) is 4.12. The molecule has 0 radical (unpaired) electrons. The summed E-state index contributed by atoms with van der Waals surface area (Å²) in [5.41, 5.74) is -0.270. The first-order valence-corrected chi connectivity index (χ1v) is 17.0. The lowest BCUT2D eigenvalue weighted by molar-refractivity contribution is -0.0317. The van der Waals surface area contributed by atoms with Crippen LogP contribution in [0, 0.1) is 5.41 Å². The fourth-order valence-corrected chi connectivity index (χ4v) is 8.88. The lowest BCUT2D eigenvalue weighted by Gasteiger charge is -2.42. The number of rotatable bonds is 19. The molecule has 3 atom stereocenters. The van der Waals surface area contributed by atoms with Gasteiger partial charge in [-0.05, 0) is 39.0 Å².